The van der Waals surface area contributed by atoms with Gasteiger partial charge in [-0.3, -0.25) is 0 Å². The Kier molecular flexibility index (Phi) is 5.40. The second-order valence-electron chi connectivity index (χ2n) is 5.70. The van der Waals surface area contributed by atoms with Gasteiger partial charge in [-0.05, 0) is 50.0 Å². The van der Waals surface area contributed by atoms with Crippen LogP contribution in [-0.4, -0.2) is 39.5 Å². The van der Waals surface area contributed by atoms with Crippen LogP contribution in [0.5, 0.6) is 0 Å². The van der Waals surface area contributed by atoms with Gasteiger partial charge in [-0.1, -0.05) is 6.92 Å². The first kappa shape index (κ1) is 16.7. The summed E-state index contributed by atoms with van der Waals surface area (Å²) in [6.07, 6.45) is 2.25. The first-order valence-electron chi connectivity index (χ1n) is 7.47. The molecule has 1 atom stereocenters. The molecule has 1 fully saturated rings. The number of primary sulfonamides is 1. The maximum atomic E-state index is 11.7. The Morgan fingerprint density at radius 2 is 2.27 bits per heavy atom. The number of benzene rings is 1. The Hall–Kier alpha value is -1.62. The number of nitrogens with one attached hydrogen (secondary N) is 1. The first-order valence-corrected chi connectivity index (χ1v) is 9.02. The number of rotatable bonds is 6. The Labute approximate surface area is 132 Å². The molecule has 7 heteroatoms. The zero-order chi connectivity index (χ0) is 16.2. The zero-order valence-corrected chi connectivity index (χ0v) is 13.6. The van der Waals surface area contributed by atoms with Crippen LogP contribution in [-0.2, 0) is 10.0 Å². The smallest absolute Gasteiger partial charge is 0.240 e. The summed E-state index contributed by atoms with van der Waals surface area (Å²) in [7, 11) is -3.86. The van der Waals surface area contributed by atoms with E-state index in [1.807, 2.05) is 6.07 Å². The van der Waals surface area contributed by atoms with Crippen molar-refractivity contribution in [3.05, 3.63) is 23.8 Å². The Balaban J connectivity index is 2.06. The van der Waals surface area contributed by atoms with E-state index in [0.29, 0.717) is 18.2 Å². The molecular formula is C15H22N4O2S. The van der Waals surface area contributed by atoms with Crippen molar-refractivity contribution in [1.82, 2.24) is 4.90 Å². The van der Waals surface area contributed by atoms with E-state index in [1.54, 1.807) is 12.1 Å². The fraction of sp³-hybridized carbons (Fsp3) is 0.533. The van der Waals surface area contributed by atoms with Crippen LogP contribution < -0.4 is 10.5 Å². The monoisotopic (exact) mass is 322 g/mol. The fourth-order valence-corrected chi connectivity index (χ4v) is 3.56. The third-order valence-corrected chi connectivity index (χ3v) is 4.86. The maximum absolute atomic E-state index is 11.7. The third-order valence-electron chi connectivity index (χ3n) is 3.91. The predicted molar refractivity (Wildman–Crippen MR) is 85.9 cm³/mol. The van der Waals surface area contributed by atoms with Gasteiger partial charge in [-0.25, -0.2) is 13.6 Å². The molecule has 1 aliphatic heterocycles. The molecule has 1 aromatic carbocycles. The minimum absolute atomic E-state index is 0.0186. The molecule has 6 nitrogen and oxygen atoms in total. The molecule has 1 aromatic rings. The summed E-state index contributed by atoms with van der Waals surface area (Å²) in [5, 5.41) is 17.3. The highest BCUT2D eigenvalue weighted by molar-refractivity contribution is 7.89. The molecule has 22 heavy (non-hydrogen) atoms. The number of likely N-dealkylation sites (tertiary alicyclic amines) is 1. The van der Waals surface area contributed by atoms with Gasteiger partial charge in [0.2, 0.25) is 10.0 Å². The van der Waals surface area contributed by atoms with Gasteiger partial charge in [0.25, 0.3) is 0 Å². The van der Waals surface area contributed by atoms with Gasteiger partial charge in [-0.2, -0.15) is 5.26 Å². The topological polar surface area (TPSA) is 99.2 Å². The van der Waals surface area contributed by atoms with E-state index in [4.69, 9.17) is 10.4 Å². The number of sulfonamides is 1. The molecular weight excluding hydrogens is 300 g/mol. The van der Waals surface area contributed by atoms with E-state index in [1.165, 1.54) is 6.07 Å². The molecule has 1 aliphatic rings. The number of hydrogen-bond acceptors (Lipinski definition) is 5. The zero-order valence-electron chi connectivity index (χ0n) is 12.7. The van der Waals surface area contributed by atoms with Gasteiger partial charge in [0, 0.05) is 13.1 Å². The van der Waals surface area contributed by atoms with E-state index >= 15 is 0 Å². The molecule has 0 unspecified atom stereocenters. The molecule has 2 rings (SSSR count). The molecule has 3 N–H and O–H groups in total. The molecule has 120 valence electrons. The van der Waals surface area contributed by atoms with E-state index in [0.717, 1.165) is 32.5 Å². The van der Waals surface area contributed by atoms with Crippen molar-refractivity contribution in [2.75, 3.05) is 31.5 Å². The van der Waals surface area contributed by atoms with Crippen LogP contribution in [0.15, 0.2) is 23.1 Å². The van der Waals surface area contributed by atoms with Crippen molar-refractivity contribution in [3.63, 3.8) is 0 Å². The second kappa shape index (κ2) is 7.09. The van der Waals surface area contributed by atoms with Crippen molar-refractivity contribution in [2.45, 2.75) is 24.7 Å². The van der Waals surface area contributed by atoms with E-state index in [9.17, 15) is 8.42 Å². The lowest BCUT2D eigenvalue weighted by Gasteiger charge is -2.16. The molecule has 0 aliphatic carbocycles. The summed E-state index contributed by atoms with van der Waals surface area (Å²) in [6.45, 7) is 6.10. The molecule has 0 spiro atoms. The lowest BCUT2D eigenvalue weighted by atomic mass is 10.1. The molecule has 0 aromatic heterocycles. The van der Waals surface area contributed by atoms with Crippen LogP contribution >= 0.6 is 0 Å². The van der Waals surface area contributed by atoms with Crippen molar-refractivity contribution >= 4 is 15.7 Å². The number of nitriles is 1. The van der Waals surface area contributed by atoms with Gasteiger partial charge in [0.05, 0.1) is 17.3 Å². The highest BCUT2D eigenvalue weighted by Crippen LogP contribution is 2.23. The normalized spacial score (nSPS) is 19.0. The van der Waals surface area contributed by atoms with Crippen LogP contribution in [0.25, 0.3) is 0 Å². The van der Waals surface area contributed by atoms with Gasteiger partial charge >= 0.3 is 0 Å². The molecule has 0 amide bonds. The summed E-state index contributed by atoms with van der Waals surface area (Å²) in [5.41, 5.74) is 0.750. The van der Waals surface area contributed by atoms with Crippen molar-refractivity contribution in [2.24, 2.45) is 11.1 Å². The lowest BCUT2D eigenvalue weighted by Crippen LogP contribution is -2.24. The lowest BCUT2D eigenvalue weighted by molar-refractivity contribution is 0.327. The van der Waals surface area contributed by atoms with Crippen LogP contribution in [0.1, 0.15) is 25.3 Å². The summed E-state index contributed by atoms with van der Waals surface area (Å²) in [4.78, 5) is 2.40. The van der Waals surface area contributed by atoms with Crippen molar-refractivity contribution < 1.29 is 8.42 Å². The summed E-state index contributed by atoms with van der Waals surface area (Å²) in [5.74, 6) is 0.496. The molecule has 1 saturated heterocycles. The number of nitrogens with zero attached hydrogens (tertiary/aromatic N) is 2. The van der Waals surface area contributed by atoms with Crippen LogP contribution in [0.2, 0.25) is 0 Å². The molecule has 0 bridgehead atoms. The largest absolute Gasteiger partial charge is 0.384 e. The average Bonchev–Trinajstić information content (AvgIpc) is 2.92. The summed E-state index contributed by atoms with van der Waals surface area (Å²) >= 11 is 0. The van der Waals surface area contributed by atoms with Crippen molar-refractivity contribution in [3.8, 4) is 6.07 Å². The SMILES string of the molecule is CCCN1CC[C@H](CNc2ccc(C#N)cc2S(N)(=O)=O)C1. The quantitative estimate of drug-likeness (QED) is 0.823. The Morgan fingerprint density at radius 1 is 1.50 bits per heavy atom. The maximum Gasteiger partial charge on any atom is 0.240 e. The van der Waals surface area contributed by atoms with E-state index in [-0.39, 0.29) is 10.5 Å². The number of anilines is 1. The first-order chi connectivity index (χ1) is 10.4. The van der Waals surface area contributed by atoms with Gasteiger partial charge in [0.1, 0.15) is 4.90 Å². The molecule has 0 radical (unpaired) electrons. The second-order valence-corrected chi connectivity index (χ2v) is 7.23. The van der Waals surface area contributed by atoms with Crippen molar-refractivity contribution in [1.29, 1.82) is 5.26 Å². The fourth-order valence-electron chi connectivity index (χ4n) is 2.83. The summed E-state index contributed by atoms with van der Waals surface area (Å²) < 4.78 is 23.4. The molecule has 1 heterocycles. The molecule has 0 saturated carbocycles. The van der Waals surface area contributed by atoms with Gasteiger partial charge in [-0.15, -0.1) is 0 Å². The van der Waals surface area contributed by atoms with Gasteiger partial charge < -0.3 is 10.2 Å². The minimum atomic E-state index is -3.86. The predicted octanol–water partition coefficient (Wildman–Crippen LogP) is 1.35. The number of nitrogens with two attached hydrogens (primary N) is 1. The van der Waals surface area contributed by atoms with Gasteiger partial charge in [0.15, 0.2) is 0 Å². The summed E-state index contributed by atoms with van der Waals surface area (Å²) in [6, 6.07) is 6.44. The highest BCUT2D eigenvalue weighted by atomic mass is 32.2. The minimum Gasteiger partial charge on any atom is -0.384 e. The van der Waals surface area contributed by atoms with Crippen LogP contribution in [0, 0.1) is 17.2 Å². The standard InChI is InChI=1S/C15H22N4O2S/c1-2-6-19-7-5-13(11-19)10-18-14-4-3-12(9-16)8-15(14)22(17,20)21/h3-4,8,13,18H,2,5-7,10-11H2,1H3,(H2,17,20,21)/t13-/m1/s1. The van der Waals surface area contributed by atoms with E-state index < -0.39 is 10.0 Å². The van der Waals surface area contributed by atoms with Crippen LogP contribution in [0.3, 0.4) is 0 Å². The van der Waals surface area contributed by atoms with E-state index in [2.05, 4.69) is 17.1 Å². The highest BCUT2D eigenvalue weighted by Gasteiger charge is 2.22. The number of hydrogen-bond donors (Lipinski definition) is 2. The van der Waals surface area contributed by atoms with Crippen LogP contribution in [0.4, 0.5) is 5.69 Å². The Bertz CT molecular complexity index is 667. The Morgan fingerprint density at radius 3 is 2.91 bits per heavy atom. The third kappa shape index (κ3) is 4.19. The average molecular weight is 322 g/mol.